The third kappa shape index (κ3) is 2.92. The van der Waals surface area contributed by atoms with Crippen LogP contribution in [0.5, 0.6) is 0 Å². The molecule has 0 aromatic heterocycles. The molecule has 2 unspecified atom stereocenters. The van der Waals surface area contributed by atoms with Crippen LogP contribution in [0.15, 0.2) is 12.2 Å². The molecule has 9 atom stereocenters. The summed E-state index contributed by atoms with van der Waals surface area (Å²) in [6, 6.07) is 0. The van der Waals surface area contributed by atoms with Gasteiger partial charge in [0.15, 0.2) is 5.78 Å². The predicted molar refractivity (Wildman–Crippen MR) is 142 cm³/mol. The Balaban J connectivity index is 1.62. The molecule has 0 amide bonds. The summed E-state index contributed by atoms with van der Waals surface area (Å²) >= 11 is 0. The van der Waals surface area contributed by atoms with Crippen LogP contribution in [0.3, 0.4) is 0 Å². The van der Waals surface area contributed by atoms with Crippen molar-refractivity contribution in [3.8, 4) is 0 Å². The van der Waals surface area contributed by atoms with Gasteiger partial charge in [-0.25, -0.2) is 0 Å². The number of hydrogen-bond donors (Lipinski definition) is 0. The first-order valence-electron chi connectivity index (χ1n) is 14.5. The van der Waals surface area contributed by atoms with Gasteiger partial charge in [-0.2, -0.15) is 0 Å². The summed E-state index contributed by atoms with van der Waals surface area (Å²) in [5, 5.41) is 0. The SMILES string of the molecule is COC(=O)[C@]12CCC(C)(C)C[C@H]1C1(OC1C)[C@](C)([C@]1(C)CC[C@H]3C(C)(C)C(=O)C=C[C@]3(C)[C@H]1C)CC2. The fourth-order valence-corrected chi connectivity index (χ4v) is 10.7. The fraction of sp³-hybridized carbons (Fsp3) is 0.875. The molecule has 3 saturated carbocycles. The van der Waals surface area contributed by atoms with Gasteiger partial charge in [-0.15, -0.1) is 0 Å². The van der Waals surface area contributed by atoms with Crippen LogP contribution in [0.25, 0.3) is 0 Å². The lowest BCUT2D eigenvalue weighted by atomic mass is 9.35. The van der Waals surface area contributed by atoms with E-state index >= 15 is 0 Å². The van der Waals surface area contributed by atoms with Gasteiger partial charge in [0.2, 0.25) is 0 Å². The summed E-state index contributed by atoms with van der Waals surface area (Å²) in [6.07, 6.45) is 11.2. The number of ketones is 1. The van der Waals surface area contributed by atoms with E-state index in [0.29, 0.717) is 11.8 Å². The molecule has 4 heteroatoms. The summed E-state index contributed by atoms with van der Waals surface area (Å²) < 4.78 is 12.4. The summed E-state index contributed by atoms with van der Waals surface area (Å²) in [7, 11) is 1.56. The summed E-state index contributed by atoms with van der Waals surface area (Å²) in [5.41, 5.74) is -0.987. The molecule has 1 spiro atoms. The Morgan fingerprint density at radius 2 is 1.56 bits per heavy atom. The largest absolute Gasteiger partial charge is 0.469 e. The third-order valence-electron chi connectivity index (χ3n) is 13.6. The van der Waals surface area contributed by atoms with Crippen LogP contribution in [-0.2, 0) is 19.1 Å². The minimum atomic E-state index is -0.436. The van der Waals surface area contributed by atoms with Gasteiger partial charge in [0, 0.05) is 16.7 Å². The van der Waals surface area contributed by atoms with Crippen LogP contribution in [0.1, 0.15) is 107 Å². The van der Waals surface area contributed by atoms with Crippen LogP contribution in [-0.4, -0.2) is 30.6 Å². The molecule has 1 heterocycles. The first kappa shape index (κ1) is 26.4. The van der Waals surface area contributed by atoms with Crippen LogP contribution >= 0.6 is 0 Å². The van der Waals surface area contributed by atoms with Crippen molar-refractivity contribution in [1.82, 2.24) is 0 Å². The number of fused-ring (bicyclic) bond motifs is 3. The van der Waals surface area contributed by atoms with E-state index in [0.717, 1.165) is 44.9 Å². The van der Waals surface area contributed by atoms with Crippen molar-refractivity contribution in [2.75, 3.05) is 7.11 Å². The molecular formula is C32H50O4. The zero-order valence-electron chi connectivity index (χ0n) is 24.5. The van der Waals surface area contributed by atoms with Crippen LogP contribution in [0.2, 0.25) is 0 Å². The van der Waals surface area contributed by atoms with Crippen LogP contribution < -0.4 is 0 Å². The van der Waals surface area contributed by atoms with E-state index < -0.39 is 5.41 Å². The normalized spacial score (nSPS) is 52.9. The van der Waals surface area contributed by atoms with Gasteiger partial charge < -0.3 is 9.47 Å². The van der Waals surface area contributed by atoms with Crippen molar-refractivity contribution in [3.05, 3.63) is 12.2 Å². The molecule has 4 fully saturated rings. The summed E-state index contributed by atoms with van der Waals surface area (Å²) in [6.45, 7) is 21.2. The topological polar surface area (TPSA) is 55.9 Å². The van der Waals surface area contributed by atoms with E-state index in [1.807, 2.05) is 6.08 Å². The first-order chi connectivity index (χ1) is 16.5. The molecule has 0 N–H and O–H groups in total. The zero-order chi connectivity index (χ0) is 26.7. The molecule has 0 bridgehead atoms. The third-order valence-corrected chi connectivity index (χ3v) is 13.6. The quantitative estimate of drug-likeness (QED) is 0.299. The summed E-state index contributed by atoms with van der Waals surface area (Å²) in [5.74, 6) is 1.15. The lowest BCUT2D eigenvalue weighted by Gasteiger charge is -2.68. The average molecular weight is 499 g/mol. The van der Waals surface area contributed by atoms with E-state index in [2.05, 4.69) is 68.4 Å². The molecule has 1 aliphatic heterocycles. The standard InChI is InChI=1S/C32H50O4/c1-20-28(7)13-12-24(33)27(5,6)22(28)11-14-29(20,8)30(9)16-18-31(25(34)35-10)17-15-26(3,4)19-23(31)32(30)21(2)36-32/h12-13,20-23H,11,14-19H2,1-10H3/t20-,21?,22+,23-,28-,29-,30+,31+,32?/m1/s1. The number of methoxy groups -OCH3 is 1. The Hall–Kier alpha value is -1.16. The molecule has 4 aliphatic carbocycles. The number of ether oxygens (including phenoxy) is 2. The Morgan fingerprint density at radius 3 is 2.14 bits per heavy atom. The zero-order valence-corrected chi connectivity index (χ0v) is 24.5. The highest BCUT2D eigenvalue weighted by molar-refractivity contribution is 5.95. The van der Waals surface area contributed by atoms with Crippen LogP contribution in [0.4, 0.5) is 0 Å². The smallest absolute Gasteiger partial charge is 0.312 e. The minimum Gasteiger partial charge on any atom is -0.469 e. The van der Waals surface area contributed by atoms with Crippen molar-refractivity contribution < 1.29 is 19.1 Å². The molecule has 1 saturated heterocycles. The molecule has 0 aromatic carbocycles. The van der Waals surface area contributed by atoms with Crippen molar-refractivity contribution in [1.29, 1.82) is 0 Å². The molecule has 36 heavy (non-hydrogen) atoms. The highest BCUT2D eigenvalue weighted by atomic mass is 16.6. The maximum absolute atomic E-state index is 13.5. The average Bonchev–Trinajstić information content (AvgIpc) is 3.49. The minimum absolute atomic E-state index is 0.0172. The Labute approximate surface area is 219 Å². The Kier molecular flexibility index (Phi) is 5.50. The van der Waals surface area contributed by atoms with Gasteiger partial charge in [0.1, 0.15) is 5.60 Å². The lowest BCUT2D eigenvalue weighted by molar-refractivity contribution is -0.214. The van der Waals surface area contributed by atoms with Crippen molar-refractivity contribution >= 4 is 11.8 Å². The predicted octanol–water partition coefficient (Wildman–Crippen LogP) is 7.15. The number of epoxide rings is 1. The lowest BCUT2D eigenvalue weighted by Crippen LogP contribution is -2.68. The number of hydrogen-bond acceptors (Lipinski definition) is 4. The highest BCUT2D eigenvalue weighted by Crippen LogP contribution is 2.78. The molecule has 5 rings (SSSR count). The van der Waals surface area contributed by atoms with Crippen molar-refractivity contribution in [2.45, 2.75) is 119 Å². The highest BCUT2D eigenvalue weighted by Gasteiger charge is 2.81. The second-order valence-corrected chi connectivity index (χ2v) is 15.5. The maximum Gasteiger partial charge on any atom is 0.312 e. The van der Waals surface area contributed by atoms with Gasteiger partial charge >= 0.3 is 5.97 Å². The fourth-order valence-electron chi connectivity index (χ4n) is 10.7. The molecule has 5 aliphatic rings. The second kappa shape index (κ2) is 7.48. The van der Waals surface area contributed by atoms with Gasteiger partial charge in [-0.3, -0.25) is 9.59 Å². The number of allylic oxidation sites excluding steroid dienone is 2. The van der Waals surface area contributed by atoms with E-state index in [1.165, 1.54) is 0 Å². The summed E-state index contributed by atoms with van der Waals surface area (Å²) in [4.78, 5) is 26.4. The number of rotatable bonds is 2. The van der Waals surface area contributed by atoms with Crippen molar-refractivity contribution in [3.63, 3.8) is 0 Å². The first-order valence-corrected chi connectivity index (χ1v) is 14.5. The van der Waals surface area contributed by atoms with Gasteiger partial charge in [0.25, 0.3) is 0 Å². The van der Waals surface area contributed by atoms with E-state index in [9.17, 15) is 9.59 Å². The number of carbonyl (C=O) groups is 2. The van der Waals surface area contributed by atoms with E-state index in [4.69, 9.17) is 9.47 Å². The van der Waals surface area contributed by atoms with Gasteiger partial charge in [0.05, 0.1) is 18.6 Å². The second-order valence-electron chi connectivity index (χ2n) is 15.5. The van der Waals surface area contributed by atoms with Gasteiger partial charge in [-0.1, -0.05) is 61.5 Å². The van der Waals surface area contributed by atoms with Gasteiger partial charge in [-0.05, 0) is 86.0 Å². The van der Waals surface area contributed by atoms with E-state index in [1.54, 1.807) is 7.11 Å². The number of esters is 1. The van der Waals surface area contributed by atoms with Crippen molar-refractivity contribution in [2.24, 2.45) is 50.2 Å². The monoisotopic (exact) mass is 498 g/mol. The Bertz CT molecular complexity index is 1010. The molecule has 202 valence electrons. The molecule has 0 radical (unpaired) electrons. The molecule has 0 aromatic rings. The maximum atomic E-state index is 13.5. The van der Waals surface area contributed by atoms with Crippen LogP contribution in [0, 0.1) is 50.2 Å². The Morgan fingerprint density at radius 1 is 0.944 bits per heavy atom. The van der Waals surface area contributed by atoms with E-state index in [-0.39, 0.29) is 56.5 Å². The molecular weight excluding hydrogens is 448 g/mol. The molecule has 4 nitrogen and oxygen atoms in total. The number of carbonyl (C=O) groups excluding carboxylic acids is 2.